The van der Waals surface area contributed by atoms with Gasteiger partial charge in [-0.1, -0.05) is 12.7 Å². The molecular formula is C8H10N2O. The molecule has 0 amide bonds. The summed E-state index contributed by atoms with van der Waals surface area (Å²) in [5.41, 5.74) is 6.14. The maximum atomic E-state index is 5.48. The predicted molar refractivity (Wildman–Crippen MR) is 44.3 cm³/mol. The van der Waals surface area contributed by atoms with Gasteiger partial charge in [-0.15, -0.1) is 0 Å². The smallest absolute Gasteiger partial charge is 0.215 e. The van der Waals surface area contributed by atoms with Gasteiger partial charge in [-0.25, -0.2) is 4.98 Å². The van der Waals surface area contributed by atoms with Crippen molar-refractivity contribution in [3.63, 3.8) is 0 Å². The summed E-state index contributed by atoms with van der Waals surface area (Å²) in [6.45, 7) is 3.97. The number of anilines is 1. The zero-order valence-electron chi connectivity index (χ0n) is 6.16. The van der Waals surface area contributed by atoms with Gasteiger partial charge in [0.25, 0.3) is 0 Å². The van der Waals surface area contributed by atoms with E-state index in [0.29, 0.717) is 18.2 Å². The van der Waals surface area contributed by atoms with Gasteiger partial charge in [-0.2, -0.15) is 0 Å². The van der Waals surface area contributed by atoms with E-state index in [1.807, 2.05) is 0 Å². The molecule has 0 atom stereocenters. The van der Waals surface area contributed by atoms with Gasteiger partial charge in [-0.3, -0.25) is 0 Å². The zero-order chi connectivity index (χ0) is 8.10. The Morgan fingerprint density at radius 3 is 3.18 bits per heavy atom. The van der Waals surface area contributed by atoms with Gasteiger partial charge in [-0.05, 0) is 6.07 Å². The highest BCUT2D eigenvalue weighted by Crippen LogP contribution is 2.09. The molecule has 1 aromatic heterocycles. The van der Waals surface area contributed by atoms with Crippen LogP contribution in [0.2, 0.25) is 0 Å². The normalized spacial score (nSPS) is 9.09. The van der Waals surface area contributed by atoms with Crippen LogP contribution < -0.4 is 10.5 Å². The van der Waals surface area contributed by atoms with Crippen LogP contribution in [0, 0.1) is 0 Å². The Labute approximate surface area is 65.5 Å². The molecular weight excluding hydrogens is 140 g/mol. The van der Waals surface area contributed by atoms with Crippen molar-refractivity contribution < 1.29 is 4.74 Å². The average Bonchev–Trinajstić information content (AvgIpc) is 2.01. The monoisotopic (exact) mass is 150 g/mol. The molecule has 2 N–H and O–H groups in total. The van der Waals surface area contributed by atoms with Crippen LogP contribution in [-0.4, -0.2) is 11.6 Å². The van der Waals surface area contributed by atoms with Crippen molar-refractivity contribution in [1.82, 2.24) is 4.98 Å². The second kappa shape index (κ2) is 3.61. The first-order chi connectivity index (χ1) is 5.33. The molecule has 0 unspecified atom stereocenters. The maximum Gasteiger partial charge on any atom is 0.215 e. The van der Waals surface area contributed by atoms with E-state index in [1.165, 1.54) is 0 Å². The lowest BCUT2D eigenvalue weighted by molar-refractivity contribution is 0.349. The fourth-order valence-electron chi connectivity index (χ4n) is 0.648. The van der Waals surface area contributed by atoms with E-state index < -0.39 is 0 Å². The number of nitrogens with two attached hydrogens (primary N) is 1. The molecule has 58 valence electrons. The average molecular weight is 150 g/mol. The summed E-state index contributed by atoms with van der Waals surface area (Å²) in [7, 11) is 0. The molecule has 3 nitrogen and oxygen atoms in total. The highest BCUT2D eigenvalue weighted by molar-refractivity contribution is 5.39. The summed E-state index contributed by atoms with van der Waals surface area (Å²) >= 11 is 0. The van der Waals surface area contributed by atoms with Gasteiger partial charge < -0.3 is 10.5 Å². The van der Waals surface area contributed by atoms with E-state index in [1.54, 1.807) is 24.4 Å². The molecule has 1 heterocycles. The minimum Gasteiger partial charge on any atom is -0.473 e. The molecule has 0 aliphatic carbocycles. The summed E-state index contributed by atoms with van der Waals surface area (Å²) in [4.78, 5) is 3.93. The van der Waals surface area contributed by atoms with Crippen LogP contribution in [-0.2, 0) is 0 Å². The number of ether oxygens (including phenoxy) is 1. The van der Waals surface area contributed by atoms with Gasteiger partial charge in [0.2, 0.25) is 5.88 Å². The summed E-state index contributed by atoms with van der Waals surface area (Å²) < 4.78 is 5.13. The van der Waals surface area contributed by atoms with E-state index in [4.69, 9.17) is 10.5 Å². The van der Waals surface area contributed by atoms with Crippen molar-refractivity contribution in [1.29, 1.82) is 0 Å². The molecule has 1 rings (SSSR count). The molecule has 0 saturated carbocycles. The topological polar surface area (TPSA) is 48.1 Å². The third-order valence-corrected chi connectivity index (χ3v) is 1.11. The number of hydrogen-bond donors (Lipinski definition) is 1. The van der Waals surface area contributed by atoms with Gasteiger partial charge in [0.1, 0.15) is 6.61 Å². The lowest BCUT2D eigenvalue weighted by Crippen LogP contribution is -1.95. The van der Waals surface area contributed by atoms with E-state index in [0.717, 1.165) is 0 Å². The van der Waals surface area contributed by atoms with Crippen molar-refractivity contribution in [2.45, 2.75) is 0 Å². The minimum atomic E-state index is 0.455. The van der Waals surface area contributed by atoms with Crippen LogP contribution in [0.1, 0.15) is 0 Å². The summed E-state index contributed by atoms with van der Waals surface area (Å²) in [6.07, 6.45) is 3.26. The fraction of sp³-hybridized carbons (Fsp3) is 0.125. The first-order valence-electron chi connectivity index (χ1n) is 3.28. The largest absolute Gasteiger partial charge is 0.473 e. The highest BCUT2D eigenvalue weighted by atomic mass is 16.5. The Morgan fingerprint density at radius 1 is 1.73 bits per heavy atom. The number of hydrogen-bond acceptors (Lipinski definition) is 3. The Morgan fingerprint density at radius 2 is 2.55 bits per heavy atom. The first-order valence-corrected chi connectivity index (χ1v) is 3.28. The fourth-order valence-corrected chi connectivity index (χ4v) is 0.648. The van der Waals surface area contributed by atoms with Gasteiger partial charge in [0.05, 0.1) is 0 Å². The van der Waals surface area contributed by atoms with E-state index in [-0.39, 0.29) is 0 Å². The van der Waals surface area contributed by atoms with Crippen molar-refractivity contribution in [3.8, 4) is 5.88 Å². The van der Waals surface area contributed by atoms with Gasteiger partial charge in [0, 0.05) is 18.0 Å². The van der Waals surface area contributed by atoms with E-state index in [2.05, 4.69) is 11.6 Å². The highest BCUT2D eigenvalue weighted by Gasteiger charge is 1.91. The molecule has 0 aromatic carbocycles. The Bertz CT molecular complexity index is 248. The second-order valence-corrected chi connectivity index (χ2v) is 2.03. The van der Waals surface area contributed by atoms with Crippen LogP contribution in [0.3, 0.4) is 0 Å². The quantitative estimate of drug-likeness (QED) is 0.659. The van der Waals surface area contributed by atoms with Crippen molar-refractivity contribution in [2.75, 3.05) is 12.3 Å². The predicted octanol–water partition coefficient (Wildman–Crippen LogP) is 1.23. The third kappa shape index (κ3) is 2.29. The van der Waals surface area contributed by atoms with Crippen LogP contribution in [0.4, 0.5) is 5.69 Å². The molecule has 0 bridgehead atoms. The lowest BCUT2D eigenvalue weighted by atomic mass is 10.4. The van der Waals surface area contributed by atoms with Crippen molar-refractivity contribution in [2.24, 2.45) is 0 Å². The first kappa shape index (κ1) is 7.60. The van der Waals surface area contributed by atoms with Crippen molar-refractivity contribution in [3.05, 3.63) is 31.0 Å². The van der Waals surface area contributed by atoms with Crippen LogP contribution >= 0.6 is 0 Å². The number of rotatable bonds is 3. The summed E-state index contributed by atoms with van der Waals surface area (Å²) in [5, 5.41) is 0. The second-order valence-electron chi connectivity index (χ2n) is 2.03. The summed E-state index contributed by atoms with van der Waals surface area (Å²) in [5.74, 6) is 0.532. The lowest BCUT2D eigenvalue weighted by Gasteiger charge is -2.00. The Kier molecular flexibility index (Phi) is 2.49. The number of nitrogens with zero attached hydrogens (tertiary/aromatic N) is 1. The SMILES string of the molecule is C=CCOc1cc(N)ccn1. The molecule has 1 aromatic rings. The molecule has 0 aliphatic heterocycles. The third-order valence-electron chi connectivity index (χ3n) is 1.11. The zero-order valence-corrected chi connectivity index (χ0v) is 6.16. The molecule has 0 radical (unpaired) electrons. The summed E-state index contributed by atoms with van der Waals surface area (Å²) in [6, 6.07) is 3.38. The minimum absolute atomic E-state index is 0.455. The number of aromatic nitrogens is 1. The molecule has 0 aliphatic rings. The van der Waals surface area contributed by atoms with Gasteiger partial charge >= 0.3 is 0 Å². The standard InChI is InChI=1S/C8H10N2O/c1-2-5-11-8-6-7(9)3-4-10-8/h2-4,6H,1,5H2,(H2,9,10). The molecule has 3 heteroatoms. The van der Waals surface area contributed by atoms with E-state index >= 15 is 0 Å². The van der Waals surface area contributed by atoms with Gasteiger partial charge in [0.15, 0.2) is 0 Å². The Balaban J connectivity index is 2.63. The van der Waals surface area contributed by atoms with E-state index in [9.17, 15) is 0 Å². The molecule has 0 saturated heterocycles. The van der Waals surface area contributed by atoms with Crippen LogP contribution in [0.25, 0.3) is 0 Å². The number of nitrogen functional groups attached to an aromatic ring is 1. The van der Waals surface area contributed by atoms with Crippen molar-refractivity contribution >= 4 is 5.69 Å². The molecule has 0 spiro atoms. The van der Waals surface area contributed by atoms with Crippen LogP contribution in [0.15, 0.2) is 31.0 Å². The molecule has 0 fully saturated rings. The van der Waals surface area contributed by atoms with Crippen LogP contribution in [0.5, 0.6) is 5.88 Å². The Hall–Kier alpha value is -1.51. The number of pyridine rings is 1. The molecule has 11 heavy (non-hydrogen) atoms. The maximum absolute atomic E-state index is 5.48.